The standard InChI is InChI=1S/C29H34F3N3O.CO2/c1-3-4-27-21-34(17-18-35(27)20-23-13-15-33-16-14-23)19-22-5-7-24(8-6-22)25-9-11-26(12-10-25)28(2,36)29(30,31)32;2-1-3/h5-16,27,36H,3-4,17-21H2,1-2H3;. The van der Waals surface area contributed by atoms with Crippen LogP contribution in [0.3, 0.4) is 0 Å². The third-order valence-corrected chi connectivity index (χ3v) is 7.14. The first-order valence-electron chi connectivity index (χ1n) is 12.9. The van der Waals surface area contributed by atoms with Crippen molar-refractivity contribution in [2.24, 2.45) is 0 Å². The molecule has 2 aromatic carbocycles. The predicted molar refractivity (Wildman–Crippen MR) is 141 cm³/mol. The van der Waals surface area contributed by atoms with Gasteiger partial charge in [0.1, 0.15) is 0 Å². The minimum Gasteiger partial charge on any atom is -0.376 e. The van der Waals surface area contributed by atoms with E-state index in [1.165, 1.54) is 23.3 Å². The second-order valence-electron chi connectivity index (χ2n) is 9.93. The van der Waals surface area contributed by atoms with Gasteiger partial charge in [0.15, 0.2) is 5.60 Å². The molecule has 1 saturated heterocycles. The van der Waals surface area contributed by atoms with Crippen molar-refractivity contribution in [3.8, 4) is 11.1 Å². The van der Waals surface area contributed by atoms with Crippen LogP contribution < -0.4 is 0 Å². The van der Waals surface area contributed by atoms with Crippen molar-refractivity contribution < 1.29 is 27.9 Å². The van der Waals surface area contributed by atoms with Gasteiger partial charge in [-0.25, -0.2) is 0 Å². The van der Waals surface area contributed by atoms with Crippen LogP contribution in [0.4, 0.5) is 13.2 Å². The Bertz CT molecular complexity index is 1190. The Morgan fingerprint density at radius 2 is 1.44 bits per heavy atom. The molecule has 0 aliphatic carbocycles. The molecule has 0 spiro atoms. The fourth-order valence-corrected chi connectivity index (χ4v) is 4.85. The molecule has 4 rings (SSSR count). The van der Waals surface area contributed by atoms with Crippen LogP contribution in [0.15, 0.2) is 73.1 Å². The van der Waals surface area contributed by atoms with Crippen LogP contribution in [0.2, 0.25) is 0 Å². The van der Waals surface area contributed by atoms with Gasteiger partial charge in [-0.05, 0) is 53.3 Å². The zero-order valence-electron chi connectivity index (χ0n) is 22.2. The highest BCUT2D eigenvalue weighted by molar-refractivity contribution is 5.64. The molecule has 2 atom stereocenters. The van der Waals surface area contributed by atoms with Crippen molar-refractivity contribution in [1.29, 1.82) is 0 Å². The van der Waals surface area contributed by atoms with E-state index in [0.29, 0.717) is 6.04 Å². The number of aromatic nitrogens is 1. The van der Waals surface area contributed by atoms with Crippen molar-refractivity contribution in [3.63, 3.8) is 0 Å². The van der Waals surface area contributed by atoms with Crippen molar-refractivity contribution in [1.82, 2.24) is 14.8 Å². The Hall–Kier alpha value is -3.36. The van der Waals surface area contributed by atoms with E-state index >= 15 is 0 Å². The summed E-state index contributed by atoms with van der Waals surface area (Å²) in [4.78, 5) is 25.5. The number of piperazine rings is 1. The predicted octanol–water partition coefficient (Wildman–Crippen LogP) is 5.42. The minimum absolute atomic E-state index is 0.167. The summed E-state index contributed by atoms with van der Waals surface area (Å²) in [6.45, 7) is 7.90. The lowest BCUT2D eigenvalue weighted by molar-refractivity contribution is -0.258. The van der Waals surface area contributed by atoms with E-state index in [1.54, 1.807) is 12.1 Å². The summed E-state index contributed by atoms with van der Waals surface area (Å²) in [5, 5.41) is 9.88. The molecule has 0 radical (unpaired) electrons. The maximum Gasteiger partial charge on any atom is 0.421 e. The van der Waals surface area contributed by atoms with Gasteiger partial charge in [-0.15, -0.1) is 0 Å². The maximum atomic E-state index is 13.1. The monoisotopic (exact) mass is 541 g/mol. The van der Waals surface area contributed by atoms with Crippen LogP contribution in [0.5, 0.6) is 0 Å². The Balaban J connectivity index is 0.00000134. The number of benzene rings is 2. The van der Waals surface area contributed by atoms with Crippen molar-refractivity contribution >= 4 is 6.15 Å². The van der Waals surface area contributed by atoms with E-state index in [-0.39, 0.29) is 11.7 Å². The summed E-state index contributed by atoms with van der Waals surface area (Å²) < 4.78 is 39.3. The lowest BCUT2D eigenvalue weighted by atomic mass is 9.93. The van der Waals surface area contributed by atoms with Gasteiger partial charge in [-0.1, -0.05) is 61.9 Å². The highest BCUT2D eigenvalue weighted by Crippen LogP contribution is 2.39. The summed E-state index contributed by atoms with van der Waals surface area (Å²) in [5.41, 5.74) is 1.23. The molecule has 1 fully saturated rings. The molecule has 6 nitrogen and oxygen atoms in total. The van der Waals surface area contributed by atoms with Gasteiger partial charge in [-0.3, -0.25) is 14.8 Å². The van der Waals surface area contributed by atoms with Gasteiger partial charge in [-0.2, -0.15) is 22.8 Å². The molecular weight excluding hydrogens is 507 g/mol. The number of carbonyl (C=O) groups excluding carboxylic acids is 2. The van der Waals surface area contributed by atoms with E-state index in [1.807, 2.05) is 24.5 Å². The molecule has 9 heteroatoms. The third-order valence-electron chi connectivity index (χ3n) is 7.14. The molecule has 2 heterocycles. The number of alkyl halides is 3. The van der Waals surface area contributed by atoms with Gasteiger partial charge in [0.05, 0.1) is 0 Å². The normalized spacial score (nSPS) is 17.9. The van der Waals surface area contributed by atoms with Gasteiger partial charge < -0.3 is 5.11 Å². The SMILES string of the molecule is CCCC1CN(Cc2ccc(-c3ccc(C(C)(O)C(F)(F)F)cc3)cc2)CCN1Cc1ccncc1.O=C=O. The number of nitrogens with zero attached hydrogens (tertiary/aromatic N) is 3. The fraction of sp³-hybridized carbons (Fsp3) is 0.400. The summed E-state index contributed by atoms with van der Waals surface area (Å²) >= 11 is 0. The molecule has 0 amide bonds. The molecule has 1 N–H and O–H groups in total. The van der Waals surface area contributed by atoms with E-state index in [0.717, 1.165) is 63.6 Å². The number of rotatable bonds is 8. The van der Waals surface area contributed by atoms with E-state index < -0.39 is 11.8 Å². The minimum atomic E-state index is -4.73. The Kier molecular flexibility index (Phi) is 10.5. The largest absolute Gasteiger partial charge is 0.421 e. The van der Waals surface area contributed by atoms with Gasteiger partial charge >= 0.3 is 12.3 Å². The molecule has 3 aromatic rings. The topological polar surface area (TPSA) is 73.7 Å². The van der Waals surface area contributed by atoms with Gasteiger partial charge in [0.25, 0.3) is 0 Å². The quantitative estimate of drug-likeness (QED) is 0.411. The average molecular weight is 542 g/mol. The first kappa shape index (κ1) is 30.2. The number of hydrogen-bond acceptors (Lipinski definition) is 6. The number of halogens is 3. The zero-order chi connectivity index (χ0) is 28.5. The smallest absolute Gasteiger partial charge is 0.376 e. The van der Waals surface area contributed by atoms with Crippen LogP contribution in [-0.2, 0) is 28.3 Å². The Morgan fingerprint density at radius 1 is 0.897 bits per heavy atom. The molecule has 1 aliphatic heterocycles. The molecule has 2 unspecified atom stereocenters. The van der Waals surface area contributed by atoms with E-state index in [9.17, 15) is 18.3 Å². The molecular formula is C30H34F3N3O3. The van der Waals surface area contributed by atoms with Crippen LogP contribution in [0, 0.1) is 0 Å². The molecule has 1 aromatic heterocycles. The van der Waals surface area contributed by atoms with Crippen molar-refractivity contribution in [2.45, 2.75) is 57.6 Å². The second-order valence-corrected chi connectivity index (χ2v) is 9.93. The lowest BCUT2D eigenvalue weighted by Gasteiger charge is -2.41. The van der Waals surface area contributed by atoms with E-state index in [2.05, 4.69) is 46.0 Å². The number of aliphatic hydroxyl groups is 1. The Labute approximate surface area is 227 Å². The van der Waals surface area contributed by atoms with Gasteiger partial charge in [0, 0.05) is 51.2 Å². The number of pyridine rings is 1. The summed E-state index contributed by atoms with van der Waals surface area (Å²) in [6.07, 6.45) is 1.54. The molecule has 208 valence electrons. The molecule has 0 bridgehead atoms. The Morgan fingerprint density at radius 3 is 1.97 bits per heavy atom. The highest BCUT2D eigenvalue weighted by Gasteiger charge is 2.51. The molecule has 0 saturated carbocycles. The fourth-order valence-electron chi connectivity index (χ4n) is 4.85. The highest BCUT2D eigenvalue weighted by atomic mass is 19.4. The van der Waals surface area contributed by atoms with Crippen LogP contribution in [-0.4, -0.2) is 57.9 Å². The van der Waals surface area contributed by atoms with E-state index in [4.69, 9.17) is 9.59 Å². The average Bonchev–Trinajstić information content (AvgIpc) is 2.91. The second kappa shape index (κ2) is 13.6. The van der Waals surface area contributed by atoms with Crippen molar-refractivity contribution in [2.75, 3.05) is 19.6 Å². The first-order chi connectivity index (χ1) is 18.6. The zero-order valence-corrected chi connectivity index (χ0v) is 22.2. The van der Waals surface area contributed by atoms with Gasteiger partial charge in [0.2, 0.25) is 0 Å². The van der Waals surface area contributed by atoms with Crippen LogP contribution in [0.1, 0.15) is 43.4 Å². The summed E-state index contributed by atoms with van der Waals surface area (Å²) in [7, 11) is 0. The lowest BCUT2D eigenvalue weighted by Crippen LogP contribution is -2.52. The summed E-state index contributed by atoms with van der Waals surface area (Å²) in [5.74, 6) is 0. The summed E-state index contributed by atoms with van der Waals surface area (Å²) in [6, 6.07) is 18.8. The number of hydrogen-bond donors (Lipinski definition) is 1. The van der Waals surface area contributed by atoms with Crippen LogP contribution >= 0.6 is 0 Å². The molecule has 1 aliphatic rings. The van der Waals surface area contributed by atoms with Crippen molar-refractivity contribution in [3.05, 3.63) is 89.7 Å². The van der Waals surface area contributed by atoms with Crippen LogP contribution in [0.25, 0.3) is 11.1 Å². The first-order valence-corrected chi connectivity index (χ1v) is 12.9. The third kappa shape index (κ3) is 8.07. The molecule has 39 heavy (non-hydrogen) atoms. The maximum absolute atomic E-state index is 13.1.